The first-order valence-electron chi connectivity index (χ1n) is 11.0. The van der Waals surface area contributed by atoms with Crippen molar-refractivity contribution in [2.75, 3.05) is 19.4 Å². The van der Waals surface area contributed by atoms with E-state index in [2.05, 4.69) is 14.6 Å². The van der Waals surface area contributed by atoms with E-state index >= 15 is 0 Å². The molecule has 2 atom stereocenters. The summed E-state index contributed by atoms with van der Waals surface area (Å²) < 4.78 is 51.7. The maximum atomic E-state index is 13.4. The number of benzene rings is 2. The van der Waals surface area contributed by atoms with E-state index in [0.29, 0.717) is 35.2 Å². The third-order valence-electron chi connectivity index (χ3n) is 6.24. The lowest BCUT2D eigenvalue weighted by Crippen LogP contribution is -2.51. The third kappa shape index (κ3) is 5.46. The fraction of sp³-hybridized carbons (Fsp3) is 0.435. The van der Waals surface area contributed by atoms with Crippen LogP contribution in [0.5, 0.6) is 16.7 Å². The zero-order valence-corrected chi connectivity index (χ0v) is 19.9. The maximum Gasteiger partial charge on any atom is 0.279 e. The molecule has 1 N–H and O–H groups in total. The molecule has 2 aromatic carbocycles. The Morgan fingerprint density at radius 2 is 1.82 bits per heavy atom. The molecule has 2 fully saturated rings. The van der Waals surface area contributed by atoms with E-state index in [1.54, 1.807) is 6.07 Å². The highest BCUT2D eigenvalue weighted by Gasteiger charge is 2.41. The average molecular weight is 492 g/mol. The largest absolute Gasteiger partial charge is 0.492 e. The lowest BCUT2D eigenvalue weighted by molar-refractivity contribution is 0.103. The number of sulfonamides is 1. The van der Waals surface area contributed by atoms with Crippen molar-refractivity contribution in [3.05, 3.63) is 48.3 Å². The Balaban J connectivity index is 1.12. The summed E-state index contributed by atoms with van der Waals surface area (Å²) in [5.74, 6) is 1.11. The Hall–Kier alpha value is -2.27. The van der Waals surface area contributed by atoms with Gasteiger partial charge in [0.1, 0.15) is 23.9 Å². The van der Waals surface area contributed by atoms with Gasteiger partial charge in [-0.05, 0) is 68.1 Å². The van der Waals surface area contributed by atoms with E-state index in [1.807, 2.05) is 24.3 Å². The second-order valence-corrected chi connectivity index (χ2v) is 11.5. The highest BCUT2D eigenvalue weighted by Crippen LogP contribution is 2.36. The van der Waals surface area contributed by atoms with Crippen LogP contribution in [0.25, 0.3) is 10.2 Å². The van der Waals surface area contributed by atoms with Gasteiger partial charge in [-0.25, -0.2) is 22.5 Å². The van der Waals surface area contributed by atoms with Gasteiger partial charge < -0.3 is 9.47 Å². The van der Waals surface area contributed by atoms with Gasteiger partial charge in [0.05, 0.1) is 16.5 Å². The normalized spacial score (nSPS) is 23.2. The van der Waals surface area contributed by atoms with Crippen LogP contribution in [0.15, 0.2) is 42.5 Å². The van der Waals surface area contributed by atoms with Gasteiger partial charge in [0.25, 0.3) is 5.19 Å². The van der Waals surface area contributed by atoms with Crippen LogP contribution in [-0.2, 0) is 10.0 Å². The van der Waals surface area contributed by atoms with Crippen molar-refractivity contribution in [2.45, 2.75) is 43.8 Å². The van der Waals surface area contributed by atoms with Gasteiger partial charge in [0.2, 0.25) is 10.0 Å². The highest BCUT2D eigenvalue weighted by molar-refractivity contribution is 7.88. The lowest BCUT2D eigenvalue weighted by Gasteiger charge is -2.38. The van der Waals surface area contributed by atoms with Crippen LogP contribution in [0.3, 0.4) is 0 Å². The van der Waals surface area contributed by atoms with E-state index < -0.39 is 10.0 Å². The molecule has 0 spiro atoms. The molecule has 3 heterocycles. The van der Waals surface area contributed by atoms with E-state index in [4.69, 9.17) is 9.47 Å². The zero-order valence-electron chi connectivity index (χ0n) is 18.2. The summed E-state index contributed by atoms with van der Waals surface area (Å²) in [7, 11) is -3.17. The van der Waals surface area contributed by atoms with E-state index in [1.165, 1.54) is 29.7 Å². The predicted octanol–water partition coefficient (Wildman–Crippen LogP) is 4.15. The summed E-state index contributed by atoms with van der Waals surface area (Å²) in [4.78, 5) is 6.84. The molecule has 2 bridgehead atoms. The molecule has 2 aliphatic rings. The predicted molar refractivity (Wildman–Crippen MR) is 126 cm³/mol. The molecule has 3 aromatic rings. The van der Waals surface area contributed by atoms with Crippen LogP contribution in [0, 0.1) is 5.82 Å². The molecule has 2 unspecified atom stereocenters. The van der Waals surface area contributed by atoms with Gasteiger partial charge >= 0.3 is 0 Å². The fourth-order valence-electron chi connectivity index (χ4n) is 4.93. The maximum absolute atomic E-state index is 13.4. The minimum atomic E-state index is -3.17. The lowest BCUT2D eigenvalue weighted by atomic mass is 9.98. The number of hydrogen-bond acceptors (Lipinski definition) is 7. The number of thiazole rings is 1. The van der Waals surface area contributed by atoms with Gasteiger partial charge in [-0.15, -0.1) is 0 Å². The quantitative estimate of drug-likeness (QED) is 0.510. The molecule has 176 valence electrons. The number of nitrogens with zero attached hydrogens (tertiary/aromatic N) is 2. The number of halogens is 1. The van der Waals surface area contributed by atoms with Crippen molar-refractivity contribution in [2.24, 2.45) is 0 Å². The third-order valence-corrected chi connectivity index (χ3v) is 7.90. The summed E-state index contributed by atoms with van der Waals surface area (Å²) in [6.45, 7) is 1.39. The molecule has 0 aliphatic carbocycles. The Morgan fingerprint density at radius 1 is 1.12 bits per heavy atom. The van der Waals surface area contributed by atoms with Gasteiger partial charge in [-0.3, -0.25) is 4.90 Å². The number of aromatic nitrogens is 1. The molecule has 2 aliphatic heterocycles. The first-order chi connectivity index (χ1) is 15.8. The van der Waals surface area contributed by atoms with E-state index in [-0.39, 0.29) is 11.9 Å². The minimum Gasteiger partial charge on any atom is -0.492 e. The van der Waals surface area contributed by atoms with Gasteiger partial charge in [0.15, 0.2) is 0 Å². The van der Waals surface area contributed by atoms with Crippen LogP contribution in [0.1, 0.15) is 25.7 Å². The van der Waals surface area contributed by atoms with Crippen molar-refractivity contribution in [1.29, 1.82) is 0 Å². The summed E-state index contributed by atoms with van der Waals surface area (Å²) in [6.07, 6.45) is 5.15. The summed E-state index contributed by atoms with van der Waals surface area (Å²) in [5, 5.41) is 0.466. The van der Waals surface area contributed by atoms with Gasteiger partial charge in [-0.2, -0.15) is 0 Å². The average Bonchev–Trinajstić information content (AvgIpc) is 3.24. The van der Waals surface area contributed by atoms with E-state index in [9.17, 15) is 12.8 Å². The highest BCUT2D eigenvalue weighted by atomic mass is 32.2. The second kappa shape index (κ2) is 9.17. The van der Waals surface area contributed by atoms with Gasteiger partial charge in [-0.1, -0.05) is 11.3 Å². The van der Waals surface area contributed by atoms with Crippen molar-refractivity contribution in [3.63, 3.8) is 0 Å². The molecule has 0 radical (unpaired) electrons. The molecule has 33 heavy (non-hydrogen) atoms. The first kappa shape index (κ1) is 22.5. The molecule has 0 amide bonds. The fourth-order valence-corrected chi connectivity index (χ4v) is 6.59. The summed E-state index contributed by atoms with van der Waals surface area (Å²) >= 11 is 1.30. The Labute approximate surface area is 196 Å². The van der Waals surface area contributed by atoms with E-state index in [0.717, 1.165) is 42.7 Å². The molecule has 5 rings (SSSR count). The van der Waals surface area contributed by atoms with Crippen molar-refractivity contribution in [3.8, 4) is 16.7 Å². The van der Waals surface area contributed by atoms with Crippen molar-refractivity contribution < 1.29 is 22.3 Å². The van der Waals surface area contributed by atoms with Crippen LogP contribution < -0.4 is 14.2 Å². The van der Waals surface area contributed by atoms with Crippen LogP contribution in [0.4, 0.5) is 4.39 Å². The number of fused-ring (bicyclic) bond motifs is 3. The van der Waals surface area contributed by atoms with Crippen LogP contribution >= 0.6 is 11.3 Å². The second-order valence-electron chi connectivity index (χ2n) is 8.69. The molecule has 2 saturated heterocycles. The zero-order chi connectivity index (χ0) is 23.0. The standard InChI is InChI=1S/C23H26FN3O4S2/c1-33(28,29)26-16-13-17-3-4-18(14-16)27(17)10-11-30-19-5-7-20(8-6-19)31-23-25-21-9-2-15(24)12-22(21)32-23/h2,5-9,12,16-18,26H,3-4,10-11,13-14H2,1H3. The number of ether oxygens (including phenoxy) is 2. The number of hydrogen-bond donors (Lipinski definition) is 1. The molecular formula is C23H26FN3O4S2. The van der Waals surface area contributed by atoms with Crippen LogP contribution in [-0.4, -0.2) is 55.8 Å². The van der Waals surface area contributed by atoms with Gasteiger partial charge in [0, 0.05) is 24.7 Å². The SMILES string of the molecule is CS(=O)(=O)NC1CC2CCC(C1)N2CCOc1ccc(Oc2nc3ccc(F)cc3s2)cc1. The number of nitrogens with one attached hydrogen (secondary N) is 1. The molecule has 1 aromatic heterocycles. The number of piperidine rings is 1. The molecule has 0 saturated carbocycles. The molecular weight excluding hydrogens is 465 g/mol. The monoisotopic (exact) mass is 491 g/mol. The van der Waals surface area contributed by atoms with Crippen molar-refractivity contribution >= 4 is 31.6 Å². The topological polar surface area (TPSA) is 80.8 Å². The summed E-state index contributed by atoms with van der Waals surface area (Å²) in [6, 6.07) is 12.7. The Morgan fingerprint density at radius 3 is 2.52 bits per heavy atom. The van der Waals surface area contributed by atoms with Crippen molar-refractivity contribution in [1.82, 2.24) is 14.6 Å². The van der Waals surface area contributed by atoms with Crippen LogP contribution in [0.2, 0.25) is 0 Å². The minimum absolute atomic E-state index is 0.0386. The first-order valence-corrected chi connectivity index (χ1v) is 13.7. The Bertz CT molecular complexity index is 1220. The number of rotatable bonds is 8. The Kier molecular flexibility index (Phi) is 6.26. The molecule has 7 nitrogen and oxygen atoms in total. The summed E-state index contributed by atoms with van der Waals surface area (Å²) in [5.41, 5.74) is 0.710. The molecule has 10 heteroatoms. The smallest absolute Gasteiger partial charge is 0.279 e.